The zero-order chi connectivity index (χ0) is 42.0. The van der Waals surface area contributed by atoms with Crippen molar-refractivity contribution in [1.82, 2.24) is 0 Å². The summed E-state index contributed by atoms with van der Waals surface area (Å²) in [6.07, 6.45) is 43.4. The van der Waals surface area contributed by atoms with Crippen molar-refractivity contribution < 1.29 is 39.2 Å². The molecule has 0 spiro atoms. The van der Waals surface area contributed by atoms with Crippen molar-refractivity contribution in [3.05, 3.63) is 48.6 Å². The van der Waals surface area contributed by atoms with E-state index in [-0.39, 0.29) is 37.8 Å². The minimum Gasteiger partial charge on any atom is -0.481 e. The van der Waals surface area contributed by atoms with Crippen molar-refractivity contribution in [3.8, 4) is 0 Å². The lowest BCUT2D eigenvalue weighted by molar-refractivity contribution is -0.153. The molecule has 10 heteroatoms. The standard InChI is InChI=1S/C47H83NO8S/c1-3-5-7-9-11-13-15-17-18-19-20-21-22-24-26-28-30-32-37-46(53)55-38-41(49)39-56-47(54)42(48)40-57-44(43(50)34-33-36-45(51)52)35-31-29-27-25-23-16-14-12-10-8-6-4-2/h12,14,23,25,27,29,31,35,41-44,49-50H,3-11,13,15-22,24,26,28,30,32-34,36-40,48H2,1-2H3,(H,51,52)/b14-12-,25-23-,29-27+,35-31+/t41-,42+,43+,44-/m1/s1. The Morgan fingerprint density at radius 3 is 1.72 bits per heavy atom. The number of aliphatic carboxylic acids is 1. The van der Waals surface area contributed by atoms with Crippen LogP contribution in [-0.4, -0.2) is 75.7 Å². The number of carboxylic acid groups (broad SMARTS) is 1. The van der Waals surface area contributed by atoms with E-state index in [2.05, 4.69) is 32.1 Å². The van der Waals surface area contributed by atoms with E-state index in [0.717, 1.165) is 32.1 Å². The number of carbonyl (C=O) groups is 3. The molecule has 4 atom stereocenters. The number of unbranched alkanes of at least 4 members (excludes halogenated alkanes) is 20. The number of allylic oxidation sites excluding steroid dienone is 7. The molecule has 0 rings (SSSR count). The highest BCUT2D eigenvalue weighted by atomic mass is 32.2. The van der Waals surface area contributed by atoms with Crippen LogP contribution in [0.2, 0.25) is 0 Å². The third-order valence-corrected chi connectivity index (χ3v) is 11.2. The van der Waals surface area contributed by atoms with Gasteiger partial charge in [-0.15, -0.1) is 11.8 Å². The van der Waals surface area contributed by atoms with E-state index in [1.807, 2.05) is 30.4 Å². The molecule has 0 aliphatic carbocycles. The summed E-state index contributed by atoms with van der Waals surface area (Å²) >= 11 is 1.27. The highest BCUT2D eigenvalue weighted by Gasteiger charge is 2.23. The van der Waals surface area contributed by atoms with Gasteiger partial charge in [0.25, 0.3) is 0 Å². The average Bonchev–Trinajstić information content (AvgIpc) is 3.19. The van der Waals surface area contributed by atoms with Gasteiger partial charge < -0.3 is 30.5 Å². The summed E-state index contributed by atoms with van der Waals surface area (Å²) in [5.74, 6) is -1.86. The molecule has 0 aliphatic heterocycles. The lowest BCUT2D eigenvalue weighted by Gasteiger charge is -2.21. The molecule has 0 radical (unpaired) electrons. The normalized spacial score (nSPS) is 14.2. The van der Waals surface area contributed by atoms with Gasteiger partial charge in [-0.1, -0.05) is 184 Å². The zero-order valence-electron chi connectivity index (χ0n) is 36.0. The Bertz CT molecular complexity index is 1080. The Kier molecular flexibility index (Phi) is 40.0. The molecule has 0 aromatic rings. The molecule has 0 heterocycles. The largest absolute Gasteiger partial charge is 0.481 e. The first kappa shape index (κ1) is 54.6. The molecule has 0 bridgehead atoms. The van der Waals surface area contributed by atoms with Crippen LogP contribution in [0.15, 0.2) is 48.6 Å². The molecule has 0 fully saturated rings. The summed E-state index contributed by atoms with van der Waals surface area (Å²) < 4.78 is 10.3. The molecular weight excluding hydrogens is 739 g/mol. The maximum absolute atomic E-state index is 12.5. The number of hydrogen-bond donors (Lipinski definition) is 4. The Balaban J connectivity index is 4.21. The van der Waals surface area contributed by atoms with Crippen LogP contribution in [0.5, 0.6) is 0 Å². The highest BCUT2D eigenvalue weighted by Crippen LogP contribution is 2.22. The van der Waals surface area contributed by atoms with Crippen LogP contribution in [0, 0.1) is 0 Å². The van der Waals surface area contributed by atoms with E-state index in [9.17, 15) is 24.6 Å². The van der Waals surface area contributed by atoms with Crippen molar-refractivity contribution >= 4 is 29.7 Å². The third kappa shape index (κ3) is 38.9. The van der Waals surface area contributed by atoms with Crippen LogP contribution >= 0.6 is 11.8 Å². The number of hydrogen-bond acceptors (Lipinski definition) is 9. The van der Waals surface area contributed by atoms with Crippen LogP contribution in [0.3, 0.4) is 0 Å². The maximum atomic E-state index is 12.5. The van der Waals surface area contributed by atoms with Gasteiger partial charge in [-0.25, -0.2) is 0 Å². The highest BCUT2D eigenvalue weighted by molar-refractivity contribution is 8.00. The van der Waals surface area contributed by atoms with Gasteiger partial charge in [-0.05, 0) is 38.5 Å². The quantitative estimate of drug-likeness (QED) is 0.0203. The third-order valence-electron chi connectivity index (χ3n) is 9.81. The van der Waals surface area contributed by atoms with Gasteiger partial charge in [0.15, 0.2) is 0 Å². The molecule has 0 unspecified atom stereocenters. The van der Waals surface area contributed by atoms with Crippen molar-refractivity contribution in [2.75, 3.05) is 19.0 Å². The number of nitrogens with two attached hydrogens (primary N) is 1. The fourth-order valence-corrected chi connectivity index (χ4v) is 7.36. The molecule has 0 saturated carbocycles. The van der Waals surface area contributed by atoms with Gasteiger partial charge in [-0.2, -0.15) is 0 Å². The summed E-state index contributed by atoms with van der Waals surface area (Å²) in [6, 6.07) is -1.01. The topological polar surface area (TPSA) is 156 Å². The predicted molar refractivity (Wildman–Crippen MR) is 238 cm³/mol. The van der Waals surface area contributed by atoms with E-state index in [1.54, 1.807) is 0 Å². The fourth-order valence-electron chi connectivity index (χ4n) is 6.23. The summed E-state index contributed by atoms with van der Waals surface area (Å²) in [5.41, 5.74) is 6.07. The molecule has 0 saturated heterocycles. The Morgan fingerprint density at radius 2 is 1.14 bits per heavy atom. The second-order valence-corrected chi connectivity index (χ2v) is 16.6. The lowest BCUT2D eigenvalue weighted by Crippen LogP contribution is -2.38. The van der Waals surface area contributed by atoms with Crippen LogP contribution in [0.1, 0.15) is 187 Å². The first-order valence-electron chi connectivity index (χ1n) is 22.6. The number of thioether (sulfide) groups is 1. The number of ether oxygens (including phenoxy) is 2. The number of aliphatic hydroxyl groups is 2. The van der Waals surface area contributed by atoms with Gasteiger partial charge in [0.05, 0.1) is 6.10 Å². The van der Waals surface area contributed by atoms with E-state index < -0.39 is 35.4 Å². The summed E-state index contributed by atoms with van der Waals surface area (Å²) in [4.78, 5) is 35.6. The van der Waals surface area contributed by atoms with Crippen molar-refractivity contribution in [2.45, 2.75) is 211 Å². The number of esters is 2. The SMILES string of the molecule is CCCCC/C=C\C\C=C/C=C/C=C/[C@@H](SC[C@H](N)C(=O)OC[C@H](O)COC(=O)CCCCCCCCCCCCCCCCCCCC)[C@@H](O)CCCC(=O)O. The molecule has 9 nitrogen and oxygen atoms in total. The first-order valence-corrected chi connectivity index (χ1v) is 23.7. The van der Waals surface area contributed by atoms with Crippen molar-refractivity contribution in [1.29, 1.82) is 0 Å². The van der Waals surface area contributed by atoms with Gasteiger partial charge in [0, 0.05) is 23.8 Å². The predicted octanol–water partition coefficient (Wildman–Crippen LogP) is 11.1. The molecule has 0 aliphatic rings. The van der Waals surface area contributed by atoms with Gasteiger partial charge in [-0.3, -0.25) is 14.4 Å². The van der Waals surface area contributed by atoms with Gasteiger partial charge in [0.2, 0.25) is 0 Å². The molecule has 57 heavy (non-hydrogen) atoms. The fraction of sp³-hybridized carbons (Fsp3) is 0.766. The van der Waals surface area contributed by atoms with E-state index in [0.29, 0.717) is 12.8 Å². The molecule has 0 aromatic carbocycles. The monoisotopic (exact) mass is 822 g/mol. The molecule has 0 aromatic heterocycles. The Morgan fingerprint density at radius 1 is 0.614 bits per heavy atom. The Hall–Kier alpha value is -2.40. The summed E-state index contributed by atoms with van der Waals surface area (Å²) in [7, 11) is 0. The molecule has 0 amide bonds. The zero-order valence-corrected chi connectivity index (χ0v) is 36.8. The van der Waals surface area contributed by atoms with Crippen LogP contribution in [-0.2, 0) is 23.9 Å². The number of rotatable bonds is 41. The van der Waals surface area contributed by atoms with Gasteiger partial charge >= 0.3 is 17.9 Å². The smallest absolute Gasteiger partial charge is 0.323 e. The average molecular weight is 822 g/mol. The Labute approximate surface area is 351 Å². The second kappa shape index (κ2) is 41.7. The van der Waals surface area contributed by atoms with Crippen molar-refractivity contribution in [3.63, 3.8) is 0 Å². The molecule has 5 N–H and O–H groups in total. The minimum atomic E-state index is -1.16. The lowest BCUT2D eigenvalue weighted by atomic mass is 10.0. The second-order valence-electron chi connectivity index (χ2n) is 15.4. The minimum absolute atomic E-state index is 0.0427. The van der Waals surface area contributed by atoms with E-state index in [1.165, 1.54) is 127 Å². The van der Waals surface area contributed by atoms with Crippen LogP contribution in [0.25, 0.3) is 0 Å². The van der Waals surface area contributed by atoms with Crippen LogP contribution in [0.4, 0.5) is 0 Å². The summed E-state index contributed by atoms with van der Waals surface area (Å²) in [6.45, 7) is 3.85. The first-order chi connectivity index (χ1) is 27.7. The van der Waals surface area contributed by atoms with Crippen LogP contribution < -0.4 is 5.73 Å². The molecular formula is C47H83NO8S. The summed E-state index contributed by atoms with van der Waals surface area (Å²) in [5, 5.41) is 29.5. The van der Waals surface area contributed by atoms with E-state index in [4.69, 9.17) is 20.3 Å². The number of carbonyl (C=O) groups excluding carboxylic acids is 2. The van der Waals surface area contributed by atoms with Crippen molar-refractivity contribution in [2.24, 2.45) is 5.73 Å². The molecule has 330 valence electrons. The van der Waals surface area contributed by atoms with Gasteiger partial charge in [0.1, 0.15) is 25.4 Å². The number of aliphatic hydroxyl groups excluding tert-OH is 2. The maximum Gasteiger partial charge on any atom is 0.323 e. The van der Waals surface area contributed by atoms with E-state index >= 15 is 0 Å². The number of carboxylic acids is 1.